The van der Waals surface area contributed by atoms with E-state index in [1.54, 1.807) is 18.2 Å². The van der Waals surface area contributed by atoms with Gasteiger partial charge in [0.25, 0.3) is 5.91 Å². The van der Waals surface area contributed by atoms with Crippen LogP contribution >= 0.6 is 0 Å². The highest BCUT2D eigenvalue weighted by Crippen LogP contribution is 2.39. The van der Waals surface area contributed by atoms with E-state index < -0.39 is 10.0 Å². The molecule has 2 heterocycles. The molecule has 2 aliphatic heterocycles. The van der Waals surface area contributed by atoms with Crippen LogP contribution in [-0.2, 0) is 26.1 Å². The molecule has 0 atom stereocenters. The third kappa shape index (κ3) is 6.07. The fraction of sp³-hybridized carbons (Fsp3) is 0.276. The van der Waals surface area contributed by atoms with Gasteiger partial charge in [0.15, 0.2) is 0 Å². The van der Waals surface area contributed by atoms with Gasteiger partial charge < -0.3 is 15.4 Å². The van der Waals surface area contributed by atoms with Crippen molar-refractivity contribution < 1.29 is 17.9 Å². The van der Waals surface area contributed by atoms with Gasteiger partial charge in [0.05, 0.1) is 30.2 Å². The number of nitrogens with zero attached hydrogens (tertiary/aromatic N) is 1. The van der Waals surface area contributed by atoms with Crippen molar-refractivity contribution in [2.75, 3.05) is 47.4 Å². The lowest BCUT2D eigenvalue weighted by Gasteiger charge is -2.26. The summed E-state index contributed by atoms with van der Waals surface area (Å²) in [6.07, 6.45) is 0.513. The summed E-state index contributed by atoms with van der Waals surface area (Å²) in [5.74, 6) is -0.216. The number of amides is 1. The summed E-state index contributed by atoms with van der Waals surface area (Å²) in [5, 5.41) is 6.40. The SMILES string of the molecule is CCCS(=O)(=O)Nc1ccc2c(c1)C(=C(Nc1ccc(CN3CCOCC3)cc1)c1ccccc1)C(=O)N2. The molecule has 198 valence electrons. The van der Waals surface area contributed by atoms with Crippen LogP contribution in [0.2, 0.25) is 0 Å². The predicted octanol–water partition coefficient (Wildman–Crippen LogP) is 4.60. The summed E-state index contributed by atoms with van der Waals surface area (Å²) in [4.78, 5) is 15.6. The molecule has 2 aliphatic rings. The molecule has 3 N–H and O–H groups in total. The van der Waals surface area contributed by atoms with Crippen LogP contribution in [-0.4, -0.2) is 51.3 Å². The first-order valence-electron chi connectivity index (χ1n) is 12.8. The average molecular weight is 533 g/mol. The maximum atomic E-state index is 13.2. The molecule has 0 aromatic heterocycles. The number of anilines is 3. The number of rotatable bonds is 9. The maximum absolute atomic E-state index is 13.2. The molecule has 38 heavy (non-hydrogen) atoms. The number of ether oxygens (including phenoxy) is 1. The number of hydrogen-bond acceptors (Lipinski definition) is 6. The molecule has 5 rings (SSSR count). The summed E-state index contributed by atoms with van der Waals surface area (Å²) >= 11 is 0. The number of hydrogen-bond donors (Lipinski definition) is 3. The minimum Gasteiger partial charge on any atom is -0.379 e. The smallest absolute Gasteiger partial charge is 0.258 e. The number of morpholine rings is 1. The molecule has 1 fully saturated rings. The van der Waals surface area contributed by atoms with Gasteiger partial charge in [-0.3, -0.25) is 14.4 Å². The topological polar surface area (TPSA) is 99.8 Å². The number of sulfonamides is 1. The molecule has 0 spiro atoms. The van der Waals surface area contributed by atoms with Gasteiger partial charge >= 0.3 is 0 Å². The van der Waals surface area contributed by atoms with E-state index in [4.69, 9.17) is 4.74 Å². The normalized spacial score (nSPS) is 17.0. The van der Waals surface area contributed by atoms with Crippen molar-refractivity contribution in [2.24, 2.45) is 0 Å². The Morgan fingerprint density at radius 3 is 2.39 bits per heavy atom. The van der Waals surface area contributed by atoms with Gasteiger partial charge in [-0.25, -0.2) is 8.42 Å². The summed E-state index contributed by atoms with van der Waals surface area (Å²) in [6.45, 7) is 6.06. The van der Waals surface area contributed by atoms with Crippen molar-refractivity contribution in [1.82, 2.24) is 4.90 Å². The molecule has 0 bridgehead atoms. The van der Waals surface area contributed by atoms with E-state index in [1.807, 2.05) is 49.4 Å². The molecule has 3 aromatic rings. The van der Waals surface area contributed by atoms with Crippen molar-refractivity contribution in [3.05, 3.63) is 89.5 Å². The Morgan fingerprint density at radius 2 is 1.68 bits per heavy atom. The standard InChI is InChI=1S/C29H32N4O4S/c1-2-18-38(35,36)32-24-12-13-26-25(19-24)27(29(34)31-26)28(22-6-4-3-5-7-22)30-23-10-8-21(9-11-23)20-33-14-16-37-17-15-33/h3-13,19,30,32H,2,14-18,20H2,1H3,(H,31,34). The third-order valence-corrected chi connectivity index (χ3v) is 8.05. The van der Waals surface area contributed by atoms with E-state index in [1.165, 1.54) is 5.56 Å². The zero-order valence-corrected chi connectivity index (χ0v) is 22.2. The summed E-state index contributed by atoms with van der Waals surface area (Å²) < 4.78 is 32.8. The molecular formula is C29H32N4O4S. The van der Waals surface area contributed by atoms with Gasteiger partial charge in [-0.05, 0) is 47.9 Å². The Bertz CT molecular complexity index is 1430. The number of benzene rings is 3. The Morgan fingerprint density at radius 1 is 0.974 bits per heavy atom. The van der Waals surface area contributed by atoms with Crippen LogP contribution in [0, 0.1) is 0 Å². The summed E-state index contributed by atoms with van der Waals surface area (Å²) in [6, 6.07) is 23.0. The van der Waals surface area contributed by atoms with E-state index in [0.717, 1.165) is 44.1 Å². The van der Waals surface area contributed by atoms with Crippen molar-refractivity contribution in [1.29, 1.82) is 0 Å². The van der Waals surface area contributed by atoms with E-state index >= 15 is 0 Å². The molecule has 1 saturated heterocycles. The summed E-state index contributed by atoms with van der Waals surface area (Å²) in [7, 11) is -3.47. The van der Waals surface area contributed by atoms with Gasteiger partial charge in [0.2, 0.25) is 10.0 Å². The van der Waals surface area contributed by atoms with Crippen LogP contribution in [0.25, 0.3) is 11.3 Å². The predicted molar refractivity (Wildman–Crippen MR) is 152 cm³/mol. The highest BCUT2D eigenvalue weighted by molar-refractivity contribution is 7.92. The Balaban J connectivity index is 1.48. The third-order valence-electron chi connectivity index (χ3n) is 6.56. The van der Waals surface area contributed by atoms with E-state index in [9.17, 15) is 13.2 Å². The zero-order valence-electron chi connectivity index (χ0n) is 21.4. The van der Waals surface area contributed by atoms with Gasteiger partial charge in [-0.1, -0.05) is 49.4 Å². The molecule has 1 amide bonds. The fourth-order valence-corrected chi connectivity index (χ4v) is 5.84. The molecule has 0 aliphatic carbocycles. The Hall–Kier alpha value is -3.66. The second-order valence-corrected chi connectivity index (χ2v) is 11.3. The Labute approximate surface area is 223 Å². The van der Waals surface area contributed by atoms with Crippen molar-refractivity contribution >= 4 is 44.3 Å². The lowest BCUT2D eigenvalue weighted by atomic mass is 9.99. The number of nitrogens with one attached hydrogen (secondary N) is 3. The number of fused-ring (bicyclic) bond motifs is 1. The Kier molecular flexibility index (Phi) is 7.78. The lowest BCUT2D eigenvalue weighted by molar-refractivity contribution is -0.110. The first-order valence-corrected chi connectivity index (χ1v) is 14.5. The quantitative estimate of drug-likeness (QED) is 0.348. The van der Waals surface area contributed by atoms with Gasteiger partial charge in [-0.2, -0.15) is 0 Å². The second-order valence-electron chi connectivity index (χ2n) is 9.46. The molecule has 9 heteroatoms. The first-order chi connectivity index (χ1) is 18.4. The van der Waals surface area contributed by atoms with Crippen molar-refractivity contribution in [3.8, 4) is 0 Å². The highest BCUT2D eigenvalue weighted by Gasteiger charge is 2.29. The van der Waals surface area contributed by atoms with Crippen LogP contribution in [0.4, 0.5) is 17.1 Å². The maximum Gasteiger partial charge on any atom is 0.258 e. The van der Waals surface area contributed by atoms with Gasteiger partial charge in [0.1, 0.15) is 0 Å². The van der Waals surface area contributed by atoms with Crippen LogP contribution in [0.15, 0.2) is 72.8 Å². The molecule has 0 radical (unpaired) electrons. The minimum absolute atomic E-state index is 0.0301. The van der Waals surface area contributed by atoms with E-state index in [-0.39, 0.29) is 11.7 Å². The first kappa shape index (κ1) is 26.0. The van der Waals surface area contributed by atoms with Crippen LogP contribution < -0.4 is 15.4 Å². The van der Waals surface area contributed by atoms with Crippen LogP contribution in [0.1, 0.15) is 30.0 Å². The summed E-state index contributed by atoms with van der Waals surface area (Å²) in [5.41, 5.74) is 5.71. The lowest BCUT2D eigenvalue weighted by Crippen LogP contribution is -2.35. The van der Waals surface area contributed by atoms with Crippen molar-refractivity contribution in [2.45, 2.75) is 19.9 Å². The second kappa shape index (κ2) is 11.4. The van der Waals surface area contributed by atoms with E-state index in [0.29, 0.717) is 34.6 Å². The zero-order chi connectivity index (χ0) is 26.5. The molecule has 3 aromatic carbocycles. The fourth-order valence-electron chi connectivity index (χ4n) is 4.72. The molecular weight excluding hydrogens is 500 g/mol. The molecule has 0 unspecified atom stereocenters. The molecule has 0 saturated carbocycles. The molecule has 8 nitrogen and oxygen atoms in total. The van der Waals surface area contributed by atoms with Gasteiger partial charge in [-0.15, -0.1) is 0 Å². The van der Waals surface area contributed by atoms with Crippen LogP contribution in [0.5, 0.6) is 0 Å². The van der Waals surface area contributed by atoms with Gasteiger partial charge in [0, 0.05) is 42.3 Å². The average Bonchev–Trinajstić information content (AvgIpc) is 3.24. The van der Waals surface area contributed by atoms with Crippen LogP contribution in [0.3, 0.4) is 0 Å². The minimum atomic E-state index is -3.47. The number of carbonyl (C=O) groups is 1. The monoisotopic (exact) mass is 532 g/mol. The van der Waals surface area contributed by atoms with Crippen molar-refractivity contribution in [3.63, 3.8) is 0 Å². The highest BCUT2D eigenvalue weighted by atomic mass is 32.2. The number of carbonyl (C=O) groups excluding carboxylic acids is 1. The van der Waals surface area contributed by atoms with E-state index in [2.05, 4.69) is 32.4 Å². The largest absolute Gasteiger partial charge is 0.379 e.